The lowest BCUT2D eigenvalue weighted by Gasteiger charge is -2.16. The molecule has 2 bridgehead atoms. The van der Waals surface area contributed by atoms with Crippen molar-refractivity contribution in [3.05, 3.63) is 48.0 Å². The second kappa shape index (κ2) is 3.85. The van der Waals surface area contributed by atoms with Crippen LogP contribution in [-0.4, -0.2) is 5.11 Å². The van der Waals surface area contributed by atoms with Crippen molar-refractivity contribution in [1.82, 2.24) is 0 Å². The zero-order valence-electron chi connectivity index (χ0n) is 11.6. The van der Waals surface area contributed by atoms with Crippen LogP contribution in [0.2, 0.25) is 0 Å². The first-order valence-electron chi connectivity index (χ1n) is 8.00. The lowest BCUT2D eigenvalue weighted by Crippen LogP contribution is -2.08. The molecular formula is C19H20O. The van der Waals surface area contributed by atoms with Crippen LogP contribution < -0.4 is 0 Å². The summed E-state index contributed by atoms with van der Waals surface area (Å²) < 4.78 is 0. The van der Waals surface area contributed by atoms with Crippen LogP contribution >= 0.6 is 0 Å². The van der Waals surface area contributed by atoms with E-state index in [1.807, 2.05) is 0 Å². The van der Waals surface area contributed by atoms with E-state index in [4.69, 9.17) is 0 Å². The van der Waals surface area contributed by atoms with Gasteiger partial charge in [-0.3, -0.25) is 0 Å². The molecule has 0 aliphatic heterocycles. The Hall–Kier alpha value is -1.34. The molecule has 0 amide bonds. The molecule has 2 aromatic rings. The maximum absolute atomic E-state index is 10.8. The molecule has 1 N–H and O–H groups in total. The van der Waals surface area contributed by atoms with E-state index in [-0.39, 0.29) is 6.10 Å². The third-order valence-corrected chi connectivity index (χ3v) is 6.27. The molecule has 2 aromatic carbocycles. The SMILES string of the molecule is OC(c1ccc2ccccc2c1)C1C2C3CCC(C3)C21. The van der Waals surface area contributed by atoms with Crippen molar-refractivity contribution in [2.45, 2.75) is 25.4 Å². The highest BCUT2D eigenvalue weighted by Gasteiger charge is 2.66. The minimum atomic E-state index is -0.238. The third-order valence-electron chi connectivity index (χ3n) is 6.27. The van der Waals surface area contributed by atoms with E-state index in [9.17, 15) is 5.11 Å². The molecule has 0 spiro atoms. The number of aliphatic hydroxyl groups is 1. The Morgan fingerprint density at radius 3 is 2.35 bits per heavy atom. The summed E-state index contributed by atoms with van der Waals surface area (Å²) in [5.41, 5.74) is 1.13. The van der Waals surface area contributed by atoms with Crippen LogP contribution in [0.1, 0.15) is 30.9 Å². The first kappa shape index (κ1) is 11.3. The van der Waals surface area contributed by atoms with Crippen molar-refractivity contribution in [2.75, 3.05) is 0 Å². The van der Waals surface area contributed by atoms with Gasteiger partial charge in [0.05, 0.1) is 6.10 Å². The van der Waals surface area contributed by atoms with Crippen molar-refractivity contribution in [2.24, 2.45) is 29.6 Å². The minimum absolute atomic E-state index is 0.238. The van der Waals surface area contributed by atoms with Gasteiger partial charge in [0.25, 0.3) is 0 Å². The number of benzene rings is 2. The van der Waals surface area contributed by atoms with Gasteiger partial charge in [0.1, 0.15) is 0 Å². The van der Waals surface area contributed by atoms with Gasteiger partial charge in [0.15, 0.2) is 0 Å². The van der Waals surface area contributed by atoms with Crippen molar-refractivity contribution >= 4 is 10.8 Å². The Labute approximate surface area is 119 Å². The number of aliphatic hydroxyl groups excluding tert-OH is 1. The Morgan fingerprint density at radius 2 is 1.60 bits per heavy atom. The molecule has 0 saturated heterocycles. The molecule has 20 heavy (non-hydrogen) atoms. The van der Waals surface area contributed by atoms with Crippen LogP contribution in [0.4, 0.5) is 0 Å². The van der Waals surface area contributed by atoms with E-state index in [2.05, 4.69) is 42.5 Å². The fourth-order valence-electron chi connectivity index (χ4n) is 5.43. The van der Waals surface area contributed by atoms with E-state index in [0.717, 1.165) is 29.2 Å². The first-order chi connectivity index (χ1) is 9.83. The van der Waals surface area contributed by atoms with Gasteiger partial charge >= 0.3 is 0 Å². The predicted octanol–water partition coefficient (Wildman–Crippen LogP) is 4.17. The molecule has 3 saturated carbocycles. The topological polar surface area (TPSA) is 20.2 Å². The van der Waals surface area contributed by atoms with Gasteiger partial charge < -0.3 is 5.11 Å². The highest BCUT2D eigenvalue weighted by atomic mass is 16.3. The van der Waals surface area contributed by atoms with Gasteiger partial charge in [-0.05, 0) is 71.3 Å². The van der Waals surface area contributed by atoms with Crippen LogP contribution in [0.15, 0.2) is 42.5 Å². The average molecular weight is 264 g/mol. The molecule has 3 aliphatic carbocycles. The second-order valence-electron chi connectivity index (χ2n) is 7.12. The quantitative estimate of drug-likeness (QED) is 0.863. The molecule has 0 radical (unpaired) electrons. The van der Waals surface area contributed by atoms with Gasteiger partial charge in [-0.15, -0.1) is 0 Å². The zero-order valence-corrected chi connectivity index (χ0v) is 11.6. The van der Waals surface area contributed by atoms with Crippen molar-refractivity contribution in [1.29, 1.82) is 0 Å². The van der Waals surface area contributed by atoms with Crippen LogP contribution in [0.25, 0.3) is 10.8 Å². The summed E-state index contributed by atoms with van der Waals surface area (Å²) in [6.07, 6.45) is 4.06. The molecular weight excluding hydrogens is 244 g/mol. The molecule has 0 aromatic heterocycles. The van der Waals surface area contributed by atoms with E-state index in [1.54, 1.807) is 0 Å². The fourth-order valence-corrected chi connectivity index (χ4v) is 5.43. The summed E-state index contributed by atoms with van der Waals surface area (Å²) >= 11 is 0. The molecule has 5 rings (SSSR count). The Morgan fingerprint density at radius 1 is 0.900 bits per heavy atom. The van der Waals surface area contributed by atoms with Gasteiger partial charge in [-0.1, -0.05) is 36.4 Å². The van der Waals surface area contributed by atoms with Gasteiger partial charge in [-0.25, -0.2) is 0 Å². The number of hydrogen-bond acceptors (Lipinski definition) is 1. The van der Waals surface area contributed by atoms with Crippen LogP contribution in [-0.2, 0) is 0 Å². The van der Waals surface area contributed by atoms with Gasteiger partial charge in [-0.2, -0.15) is 0 Å². The fraction of sp³-hybridized carbons (Fsp3) is 0.474. The van der Waals surface area contributed by atoms with Crippen molar-refractivity contribution < 1.29 is 5.11 Å². The minimum Gasteiger partial charge on any atom is -0.388 e. The summed E-state index contributed by atoms with van der Waals surface area (Å²) in [6.45, 7) is 0. The van der Waals surface area contributed by atoms with E-state index < -0.39 is 0 Å². The maximum atomic E-state index is 10.8. The third kappa shape index (κ3) is 1.42. The maximum Gasteiger partial charge on any atom is 0.0824 e. The second-order valence-corrected chi connectivity index (χ2v) is 7.12. The molecule has 5 unspecified atom stereocenters. The van der Waals surface area contributed by atoms with Crippen LogP contribution in [0.5, 0.6) is 0 Å². The monoisotopic (exact) mass is 264 g/mol. The van der Waals surface area contributed by atoms with E-state index in [1.165, 1.54) is 30.0 Å². The summed E-state index contributed by atoms with van der Waals surface area (Å²) in [5, 5.41) is 13.3. The molecule has 5 atom stereocenters. The molecule has 3 fully saturated rings. The first-order valence-corrected chi connectivity index (χ1v) is 8.00. The standard InChI is InChI=1S/C19H20O/c20-19(18-16-13-6-7-14(10-13)17(16)18)15-8-5-11-3-1-2-4-12(11)9-15/h1-5,8-9,13-14,16-20H,6-7,10H2. The van der Waals surface area contributed by atoms with Gasteiger partial charge in [0, 0.05) is 0 Å². The lowest BCUT2D eigenvalue weighted by atomic mass is 9.94. The Kier molecular flexibility index (Phi) is 2.18. The van der Waals surface area contributed by atoms with Crippen molar-refractivity contribution in [3.8, 4) is 0 Å². The molecule has 1 heteroatoms. The highest BCUT2D eigenvalue weighted by molar-refractivity contribution is 5.83. The smallest absolute Gasteiger partial charge is 0.0824 e. The number of rotatable bonds is 2. The number of hydrogen-bond donors (Lipinski definition) is 1. The summed E-state index contributed by atoms with van der Waals surface area (Å²) in [4.78, 5) is 0. The highest BCUT2D eigenvalue weighted by Crippen LogP contribution is 2.72. The summed E-state index contributed by atoms with van der Waals surface area (Å²) in [6, 6.07) is 14.9. The number of fused-ring (bicyclic) bond motifs is 6. The lowest BCUT2D eigenvalue weighted by molar-refractivity contribution is 0.130. The van der Waals surface area contributed by atoms with Crippen LogP contribution in [0.3, 0.4) is 0 Å². The molecule has 1 nitrogen and oxygen atoms in total. The van der Waals surface area contributed by atoms with Crippen LogP contribution in [0, 0.1) is 29.6 Å². The average Bonchev–Trinajstić information content (AvgIpc) is 2.93. The Bertz CT molecular complexity index is 660. The normalized spacial score (nSPS) is 39.0. The molecule has 0 heterocycles. The molecule has 3 aliphatic rings. The zero-order chi connectivity index (χ0) is 13.3. The van der Waals surface area contributed by atoms with Crippen molar-refractivity contribution in [3.63, 3.8) is 0 Å². The molecule has 102 valence electrons. The predicted molar refractivity (Wildman–Crippen MR) is 80.2 cm³/mol. The van der Waals surface area contributed by atoms with E-state index in [0.29, 0.717) is 5.92 Å². The summed E-state index contributed by atoms with van der Waals surface area (Å²) in [5.74, 6) is 4.11. The van der Waals surface area contributed by atoms with Gasteiger partial charge in [0.2, 0.25) is 0 Å². The summed E-state index contributed by atoms with van der Waals surface area (Å²) in [7, 11) is 0. The largest absolute Gasteiger partial charge is 0.388 e. The van der Waals surface area contributed by atoms with E-state index >= 15 is 0 Å². The Balaban J connectivity index is 1.47.